The van der Waals surface area contributed by atoms with E-state index < -0.39 is 10.0 Å². The smallest absolute Gasteiger partial charge is 0.305 e. The van der Waals surface area contributed by atoms with E-state index in [4.69, 9.17) is 0 Å². The molecular weight excluding hydrogens is 298 g/mol. The van der Waals surface area contributed by atoms with Crippen molar-refractivity contribution in [3.63, 3.8) is 0 Å². The fraction of sp³-hybridized carbons (Fsp3) is 0.750. The van der Waals surface area contributed by atoms with E-state index in [-0.39, 0.29) is 15.1 Å². The zero-order chi connectivity index (χ0) is 14.9. The average Bonchev–Trinajstić information content (AvgIpc) is 2.98. The molecule has 2 heterocycles. The highest BCUT2D eigenvalue weighted by Gasteiger charge is 2.36. The normalized spacial score (nSPS) is 20.9. The molecule has 1 N–H and O–H groups in total. The van der Waals surface area contributed by atoms with E-state index in [1.807, 2.05) is 0 Å². The molecule has 1 aromatic rings. The molecule has 1 aliphatic heterocycles. The summed E-state index contributed by atoms with van der Waals surface area (Å²) in [6, 6.07) is 0.274. The van der Waals surface area contributed by atoms with Crippen molar-refractivity contribution in [2.24, 2.45) is 0 Å². The first-order chi connectivity index (χ1) is 9.40. The van der Waals surface area contributed by atoms with Crippen LogP contribution >= 0.6 is 11.3 Å². The third-order valence-electron chi connectivity index (χ3n) is 3.81. The molecule has 8 heteroatoms. The molecule has 0 aromatic carbocycles. The van der Waals surface area contributed by atoms with Gasteiger partial charge in [-0.25, -0.2) is 8.42 Å². The molecule has 0 amide bonds. The third-order valence-corrected chi connectivity index (χ3v) is 7.26. The number of rotatable bonds is 5. The van der Waals surface area contributed by atoms with Crippen LogP contribution in [0.5, 0.6) is 0 Å². The molecule has 1 aliphatic rings. The monoisotopic (exact) mass is 319 g/mol. The van der Waals surface area contributed by atoms with Crippen molar-refractivity contribution in [1.29, 1.82) is 0 Å². The van der Waals surface area contributed by atoms with Crippen LogP contribution in [0.15, 0.2) is 9.00 Å². The number of nitrogens with one attached hydrogen (secondary N) is 1. The minimum atomic E-state index is -3.54. The molecule has 114 valence electrons. The summed E-state index contributed by atoms with van der Waals surface area (Å²) in [6.07, 6.45) is 0.847. The number of likely N-dealkylation sites (N-methyl/N-ethyl adjacent to an activating group) is 1. The average molecular weight is 319 g/mol. The quantitative estimate of drug-likeness (QED) is 0.873. The summed E-state index contributed by atoms with van der Waals surface area (Å²) >= 11 is 0.775. The fourth-order valence-corrected chi connectivity index (χ4v) is 5.65. The predicted octanol–water partition coefficient (Wildman–Crippen LogP) is 0.850. The lowest BCUT2D eigenvalue weighted by molar-refractivity contribution is 0.225. The van der Waals surface area contributed by atoms with E-state index in [1.54, 1.807) is 6.92 Å². The van der Waals surface area contributed by atoms with Crippen LogP contribution in [0.4, 0.5) is 0 Å². The summed E-state index contributed by atoms with van der Waals surface area (Å²) < 4.78 is 26.8. The van der Waals surface area contributed by atoms with Gasteiger partial charge in [-0.05, 0) is 26.4 Å². The number of aromatic nitrogens is 1. The highest BCUT2D eigenvalue weighted by Crippen LogP contribution is 2.26. The highest BCUT2D eigenvalue weighted by atomic mass is 32.2. The van der Waals surface area contributed by atoms with E-state index in [1.165, 1.54) is 4.31 Å². The number of H-pyrrole nitrogens is 1. The second kappa shape index (κ2) is 5.97. The summed E-state index contributed by atoms with van der Waals surface area (Å²) in [5.41, 5.74) is 0.436. The molecule has 1 saturated heterocycles. The number of nitrogens with zero attached hydrogens (tertiary/aromatic N) is 2. The molecule has 0 radical (unpaired) electrons. The summed E-state index contributed by atoms with van der Waals surface area (Å²) in [5.74, 6) is 0. The summed E-state index contributed by atoms with van der Waals surface area (Å²) in [4.78, 5) is 15.8. The van der Waals surface area contributed by atoms with Crippen molar-refractivity contribution in [1.82, 2.24) is 14.2 Å². The minimum Gasteiger partial charge on any atom is -0.315 e. The second-order valence-electron chi connectivity index (χ2n) is 4.95. The number of aryl methyl sites for hydroxylation is 1. The molecule has 1 atom stereocenters. The Morgan fingerprint density at radius 3 is 2.55 bits per heavy atom. The Labute approximate surface area is 123 Å². The number of sulfonamides is 1. The summed E-state index contributed by atoms with van der Waals surface area (Å²) in [5, 5.41) is 0. The topological polar surface area (TPSA) is 73.5 Å². The summed E-state index contributed by atoms with van der Waals surface area (Å²) in [7, 11) is -3.54. The van der Waals surface area contributed by atoms with Crippen molar-refractivity contribution in [3.05, 3.63) is 15.4 Å². The largest absolute Gasteiger partial charge is 0.315 e. The van der Waals surface area contributed by atoms with Gasteiger partial charge in [0.2, 0.25) is 0 Å². The first-order valence-corrected chi connectivity index (χ1v) is 9.09. The molecular formula is C12H21N3O3S2. The highest BCUT2D eigenvalue weighted by molar-refractivity contribution is 7.91. The van der Waals surface area contributed by atoms with E-state index in [9.17, 15) is 13.2 Å². The van der Waals surface area contributed by atoms with Gasteiger partial charge in [-0.15, -0.1) is 0 Å². The van der Waals surface area contributed by atoms with E-state index >= 15 is 0 Å². The number of hydrogen-bond acceptors (Lipinski definition) is 5. The molecule has 0 spiro atoms. The van der Waals surface area contributed by atoms with Gasteiger partial charge in [0, 0.05) is 24.8 Å². The third kappa shape index (κ3) is 2.83. The zero-order valence-corrected chi connectivity index (χ0v) is 13.7. The Morgan fingerprint density at radius 1 is 1.40 bits per heavy atom. The van der Waals surface area contributed by atoms with Crippen LogP contribution in [0.3, 0.4) is 0 Å². The SMILES string of the molecule is CCN(CC)C1CCN(S(=O)(=O)c2sc(=O)[nH]c2C)C1. The molecule has 0 saturated carbocycles. The van der Waals surface area contributed by atoms with Crippen LogP contribution in [0.25, 0.3) is 0 Å². The van der Waals surface area contributed by atoms with E-state index in [0.717, 1.165) is 30.8 Å². The number of hydrogen-bond donors (Lipinski definition) is 1. The lowest BCUT2D eigenvalue weighted by atomic mass is 10.2. The van der Waals surface area contributed by atoms with Gasteiger partial charge in [0.05, 0.1) is 0 Å². The van der Waals surface area contributed by atoms with Gasteiger partial charge < -0.3 is 4.98 Å². The molecule has 20 heavy (non-hydrogen) atoms. The van der Waals surface area contributed by atoms with Crippen molar-refractivity contribution in [2.45, 2.75) is 37.4 Å². The molecule has 0 aliphatic carbocycles. The minimum absolute atomic E-state index is 0.155. The van der Waals surface area contributed by atoms with Crippen molar-refractivity contribution in [3.8, 4) is 0 Å². The van der Waals surface area contributed by atoms with Crippen LogP contribution < -0.4 is 4.87 Å². The maximum absolute atomic E-state index is 12.6. The Bertz CT molecular complexity index is 616. The van der Waals surface area contributed by atoms with Gasteiger partial charge in [-0.3, -0.25) is 9.69 Å². The Balaban J connectivity index is 2.21. The molecule has 0 bridgehead atoms. The Kier molecular flexibility index (Phi) is 4.68. The standard InChI is InChI=1S/C12H21N3O3S2/c1-4-14(5-2)10-6-7-15(8-10)20(17,18)11-9(3)13-12(16)19-11/h10H,4-8H2,1-3H3,(H,13,16). The second-order valence-corrected chi connectivity index (χ2v) is 8.07. The van der Waals surface area contributed by atoms with Gasteiger partial charge in [0.1, 0.15) is 0 Å². The van der Waals surface area contributed by atoms with Gasteiger partial charge in [0.25, 0.3) is 10.0 Å². The summed E-state index contributed by atoms with van der Waals surface area (Å²) in [6.45, 7) is 8.68. The van der Waals surface area contributed by atoms with Gasteiger partial charge in [0.15, 0.2) is 4.21 Å². The lowest BCUT2D eigenvalue weighted by Crippen LogP contribution is -2.38. The predicted molar refractivity (Wildman–Crippen MR) is 79.8 cm³/mol. The van der Waals surface area contributed by atoms with Crippen molar-refractivity contribution < 1.29 is 8.42 Å². The van der Waals surface area contributed by atoms with Crippen molar-refractivity contribution >= 4 is 21.4 Å². The zero-order valence-electron chi connectivity index (χ0n) is 12.0. The van der Waals surface area contributed by atoms with Crippen LogP contribution in [0.1, 0.15) is 26.0 Å². The van der Waals surface area contributed by atoms with Crippen LogP contribution in [-0.4, -0.2) is 54.8 Å². The lowest BCUT2D eigenvalue weighted by Gasteiger charge is -2.25. The maximum atomic E-state index is 12.6. The number of thiazole rings is 1. The maximum Gasteiger partial charge on any atom is 0.305 e. The Morgan fingerprint density at radius 2 is 2.05 bits per heavy atom. The number of aromatic amines is 1. The molecule has 1 fully saturated rings. The first kappa shape index (κ1) is 15.7. The first-order valence-electron chi connectivity index (χ1n) is 6.84. The van der Waals surface area contributed by atoms with Crippen LogP contribution in [-0.2, 0) is 10.0 Å². The van der Waals surface area contributed by atoms with Crippen LogP contribution in [0.2, 0.25) is 0 Å². The molecule has 1 aromatic heterocycles. The molecule has 6 nitrogen and oxygen atoms in total. The van der Waals surface area contributed by atoms with Gasteiger partial charge in [-0.1, -0.05) is 25.2 Å². The fourth-order valence-electron chi connectivity index (χ4n) is 2.72. The van der Waals surface area contributed by atoms with E-state index in [2.05, 4.69) is 23.7 Å². The van der Waals surface area contributed by atoms with E-state index in [0.29, 0.717) is 18.8 Å². The molecule has 1 unspecified atom stereocenters. The Hall–Kier alpha value is -0.700. The van der Waals surface area contributed by atoms with Crippen LogP contribution in [0, 0.1) is 6.92 Å². The van der Waals surface area contributed by atoms with Gasteiger partial charge >= 0.3 is 4.87 Å². The van der Waals surface area contributed by atoms with Gasteiger partial charge in [-0.2, -0.15) is 4.31 Å². The molecule has 2 rings (SSSR count). The van der Waals surface area contributed by atoms with Crippen molar-refractivity contribution in [2.75, 3.05) is 26.2 Å².